The highest BCUT2D eigenvalue weighted by Gasteiger charge is 2.27. The predicted molar refractivity (Wildman–Crippen MR) is 91.6 cm³/mol. The normalized spacial score (nSPS) is 23.0. The van der Waals surface area contributed by atoms with Crippen LogP contribution in [0.3, 0.4) is 0 Å². The average molecular weight is 288 g/mol. The first-order chi connectivity index (χ1) is 10.1. The van der Waals surface area contributed by atoms with Gasteiger partial charge in [0.2, 0.25) is 0 Å². The van der Waals surface area contributed by atoms with Crippen molar-refractivity contribution in [3.8, 4) is 0 Å². The van der Waals surface area contributed by atoms with Crippen LogP contribution in [0.4, 0.5) is 0 Å². The van der Waals surface area contributed by atoms with Crippen LogP contribution in [-0.2, 0) is 0 Å². The predicted octanol–water partition coefficient (Wildman–Crippen LogP) is 4.16. The van der Waals surface area contributed by atoms with Crippen molar-refractivity contribution in [1.29, 1.82) is 0 Å². The van der Waals surface area contributed by atoms with Gasteiger partial charge in [-0.2, -0.15) is 0 Å². The van der Waals surface area contributed by atoms with Crippen molar-refractivity contribution >= 4 is 0 Å². The van der Waals surface area contributed by atoms with E-state index in [0.717, 1.165) is 12.5 Å². The van der Waals surface area contributed by atoms with Gasteiger partial charge in [-0.15, -0.1) is 0 Å². The van der Waals surface area contributed by atoms with Gasteiger partial charge in [-0.25, -0.2) is 0 Å². The summed E-state index contributed by atoms with van der Waals surface area (Å²) in [6.45, 7) is 12.8. The Bertz CT molecular complexity index is 412. The quantitative estimate of drug-likeness (QED) is 0.845. The molecule has 1 aromatic carbocycles. The van der Waals surface area contributed by atoms with Gasteiger partial charge in [0, 0.05) is 18.6 Å². The lowest BCUT2D eigenvalue weighted by Crippen LogP contribution is -2.47. The van der Waals surface area contributed by atoms with Gasteiger partial charge >= 0.3 is 0 Å². The number of nitrogens with zero attached hydrogens (tertiary/aromatic N) is 1. The Labute approximate surface area is 130 Å². The van der Waals surface area contributed by atoms with Crippen LogP contribution < -0.4 is 5.32 Å². The Kier molecular flexibility index (Phi) is 6.25. The Balaban J connectivity index is 2.12. The molecule has 0 aliphatic carbocycles. The van der Waals surface area contributed by atoms with Gasteiger partial charge in [0.15, 0.2) is 0 Å². The van der Waals surface area contributed by atoms with Crippen molar-refractivity contribution in [1.82, 2.24) is 10.2 Å². The highest BCUT2D eigenvalue weighted by Crippen LogP contribution is 2.26. The third kappa shape index (κ3) is 4.55. The molecule has 0 spiro atoms. The second-order valence-electron chi connectivity index (χ2n) is 6.83. The van der Waals surface area contributed by atoms with Crippen molar-refractivity contribution in [2.24, 2.45) is 5.92 Å². The maximum absolute atomic E-state index is 3.78. The highest BCUT2D eigenvalue weighted by molar-refractivity contribution is 5.25. The lowest BCUT2D eigenvalue weighted by Gasteiger charge is -2.40. The van der Waals surface area contributed by atoms with Crippen LogP contribution in [0.25, 0.3) is 0 Å². The Morgan fingerprint density at radius 2 is 2.00 bits per heavy atom. The summed E-state index contributed by atoms with van der Waals surface area (Å²) in [6.07, 6.45) is 3.92. The Hall–Kier alpha value is -0.860. The van der Waals surface area contributed by atoms with Gasteiger partial charge in [-0.1, -0.05) is 43.7 Å². The first-order valence-corrected chi connectivity index (χ1v) is 8.65. The molecule has 0 radical (unpaired) electrons. The molecule has 21 heavy (non-hydrogen) atoms. The number of aryl methyl sites for hydroxylation is 1. The molecule has 2 heteroatoms. The molecule has 1 aliphatic heterocycles. The highest BCUT2D eigenvalue weighted by atomic mass is 15.2. The molecule has 1 heterocycles. The SMILES string of the molecule is CCCNC(c1ccc(C)cc1)C(C)N1CCCC(C)C1. The molecular weight excluding hydrogens is 256 g/mol. The molecule has 0 saturated carbocycles. The van der Waals surface area contributed by atoms with E-state index in [1.54, 1.807) is 0 Å². The summed E-state index contributed by atoms with van der Waals surface area (Å²) in [6, 6.07) is 10.1. The lowest BCUT2D eigenvalue weighted by molar-refractivity contribution is 0.113. The molecule has 3 unspecified atom stereocenters. The van der Waals surface area contributed by atoms with Crippen LogP contribution in [0, 0.1) is 12.8 Å². The zero-order valence-corrected chi connectivity index (χ0v) is 14.2. The summed E-state index contributed by atoms with van der Waals surface area (Å²) >= 11 is 0. The van der Waals surface area contributed by atoms with E-state index in [4.69, 9.17) is 0 Å². The van der Waals surface area contributed by atoms with Crippen molar-refractivity contribution in [2.45, 2.75) is 59.0 Å². The number of nitrogens with one attached hydrogen (secondary N) is 1. The molecule has 1 saturated heterocycles. The molecule has 0 aromatic heterocycles. The van der Waals surface area contributed by atoms with Crippen LogP contribution in [0.15, 0.2) is 24.3 Å². The van der Waals surface area contributed by atoms with E-state index in [-0.39, 0.29) is 0 Å². The molecule has 1 aromatic rings. The molecule has 1 fully saturated rings. The van der Waals surface area contributed by atoms with Crippen LogP contribution >= 0.6 is 0 Å². The molecular formula is C19H32N2. The summed E-state index contributed by atoms with van der Waals surface area (Å²) in [7, 11) is 0. The minimum absolute atomic E-state index is 0.441. The molecule has 3 atom stereocenters. The number of hydrogen-bond acceptors (Lipinski definition) is 2. The van der Waals surface area contributed by atoms with Crippen molar-refractivity contribution in [3.63, 3.8) is 0 Å². The fraction of sp³-hybridized carbons (Fsp3) is 0.684. The average Bonchev–Trinajstić information content (AvgIpc) is 2.49. The largest absolute Gasteiger partial charge is 0.309 e. The topological polar surface area (TPSA) is 15.3 Å². The first kappa shape index (κ1) is 16.5. The van der Waals surface area contributed by atoms with Gasteiger partial charge < -0.3 is 5.32 Å². The number of hydrogen-bond donors (Lipinski definition) is 1. The standard InChI is InChI=1S/C19H32N2/c1-5-12-20-19(18-10-8-15(2)9-11-18)17(4)21-13-6-7-16(3)14-21/h8-11,16-17,19-20H,5-7,12-14H2,1-4H3. The summed E-state index contributed by atoms with van der Waals surface area (Å²) in [4.78, 5) is 2.68. The van der Waals surface area contributed by atoms with Gasteiger partial charge in [0.05, 0.1) is 0 Å². The van der Waals surface area contributed by atoms with Crippen molar-refractivity contribution in [2.75, 3.05) is 19.6 Å². The van der Waals surface area contributed by atoms with E-state index in [2.05, 4.69) is 62.2 Å². The molecule has 2 nitrogen and oxygen atoms in total. The van der Waals surface area contributed by atoms with E-state index >= 15 is 0 Å². The minimum Gasteiger partial charge on any atom is -0.309 e. The second kappa shape index (κ2) is 7.95. The third-order valence-corrected chi connectivity index (χ3v) is 4.80. The number of piperidine rings is 1. The zero-order valence-electron chi connectivity index (χ0n) is 14.2. The van der Waals surface area contributed by atoms with E-state index in [1.807, 2.05) is 0 Å². The van der Waals surface area contributed by atoms with Crippen LogP contribution in [0.1, 0.15) is 57.2 Å². The smallest absolute Gasteiger partial charge is 0.0475 e. The van der Waals surface area contributed by atoms with Gasteiger partial charge in [0.25, 0.3) is 0 Å². The van der Waals surface area contributed by atoms with Gasteiger partial charge in [-0.05, 0) is 57.7 Å². The summed E-state index contributed by atoms with van der Waals surface area (Å²) in [5, 5.41) is 3.78. The third-order valence-electron chi connectivity index (χ3n) is 4.80. The van der Waals surface area contributed by atoms with Crippen molar-refractivity contribution in [3.05, 3.63) is 35.4 Å². The maximum atomic E-state index is 3.78. The fourth-order valence-electron chi connectivity index (χ4n) is 3.45. The van der Waals surface area contributed by atoms with Crippen LogP contribution in [-0.4, -0.2) is 30.6 Å². The summed E-state index contributed by atoms with van der Waals surface area (Å²) in [5.41, 5.74) is 2.77. The zero-order chi connectivity index (χ0) is 15.2. The van der Waals surface area contributed by atoms with E-state index < -0.39 is 0 Å². The van der Waals surface area contributed by atoms with E-state index in [0.29, 0.717) is 12.1 Å². The first-order valence-electron chi connectivity index (χ1n) is 8.65. The lowest BCUT2D eigenvalue weighted by atomic mass is 9.93. The molecule has 2 rings (SSSR count). The van der Waals surface area contributed by atoms with Crippen molar-refractivity contribution < 1.29 is 0 Å². The molecule has 1 N–H and O–H groups in total. The van der Waals surface area contributed by atoms with Crippen LogP contribution in [0.5, 0.6) is 0 Å². The molecule has 0 bridgehead atoms. The second-order valence-corrected chi connectivity index (χ2v) is 6.83. The summed E-state index contributed by atoms with van der Waals surface area (Å²) in [5.74, 6) is 0.839. The van der Waals surface area contributed by atoms with E-state index in [9.17, 15) is 0 Å². The minimum atomic E-state index is 0.441. The fourth-order valence-corrected chi connectivity index (χ4v) is 3.45. The maximum Gasteiger partial charge on any atom is 0.0475 e. The van der Waals surface area contributed by atoms with E-state index in [1.165, 1.54) is 43.5 Å². The molecule has 0 amide bonds. The van der Waals surface area contributed by atoms with Crippen LogP contribution in [0.2, 0.25) is 0 Å². The Morgan fingerprint density at radius 3 is 2.62 bits per heavy atom. The monoisotopic (exact) mass is 288 g/mol. The number of rotatable bonds is 6. The Morgan fingerprint density at radius 1 is 1.29 bits per heavy atom. The number of benzene rings is 1. The number of likely N-dealkylation sites (tertiary alicyclic amines) is 1. The van der Waals surface area contributed by atoms with Gasteiger partial charge in [-0.3, -0.25) is 4.90 Å². The summed E-state index contributed by atoms with van der Waals surface area (Å²) < 4.78 is 0. The molecule has 118 valence electrons. The van der Waals surface area contributed by atoms with Gasteiger partial charge in [0.1, 0.15) is 0 Å². The molecule has 1 aliphatic rings.